The number of nitrogens with zero attached hydrogens (tertiary/aromatic N) is 2. The topological polar surface area (TPSA) is 90.0 Å². The Morgan fingerprint density at radius 1 is 1.14 bits per heavy atom. The zero-order valence-electron chi connectivity index (χ0n) is 21.6. The van der Waals surface area contributed by atoms with Gasteiger partial charge in [0.1, 0.15) is 35.9 Å². The smallest absolute Gasteiger partial charge is 0.270 e. The second kappa shape index (κ2) is 12.8. The van der Waals surface area contributed by atoms with Crippen molar-refractivity contribution in [3.8, 4) is 11.5 Å². The van der Waals surface area contributed by atoms with Crippen LogP contribution in [0.25, 0.3) is 10.9 Å². The minimum absolute atomic E-state index is 0.00362. The highest BCUT2D eigenvalue weighted by atomic mass is 16.5. The molecule has 0 bridgehead atoms. The van der Waals surface area contributed by atoms with Crippen molar-refractivity contribution >= 4 is 22.6 Å². The van der Waals surface area contributed by atoms with Gasteiger partial charge in [-0.05, 0) is 52.3 Å². The van der Waals surface area contributed by atoms with Crippen LogP contribution in [0.5, 0.6) is 11.5 Å². The molecule has 35 heavy (non-hydrogen) atoms. The third-order valence-corrected chi connectivity index (χ3v) is 6.22. The zero-order chi connectivity index (χ0) is 25.4. The summed E-state index contributed by atoms with van der Waals surface area (Å²) in [4.78, 5) is 32.4. The molecule has 1 amide bonds. The van der Waals surface area contributed by atoms with Gasteiger partial charge in [-0.2, -0.15) is 0 Å². The normalized spacial score (nSPS) is 16.6. The lowest BCUT2D eigenvalue weighted by molar-refractivity contribution is -0.123. The number of amides is 1. The molecule has 1 N–H and O–H groups in total. The van der Waals surface area contributed by atoms with E-state index in [0.717, 1.165) is 31.3 Å². The molecular formula is C27H39N3O5. The number of ketones is 1. The maximum absolute atomic E-state index is 13.3. The summed E-state index contributed by atoms with van der Waals surface area (Å²) >= 11 is 0. The Hall–Kier alpha value is -2.71. The highest BCUT2D eigenvalue weighted by Crippen LogP contribution is 2.32. The molecule has 8 heteroatoms. The molecule has 3 rings (SSSR count). The Bertz CT molecular complexity index is 1010. The molecule has 1 atom stereocenters. The number of Topliss-reactive ketones (excluding diaryl/α,β-unsaturated/α-hetero) is 1. The molecule has 0 spiro atoms. The zero-order valence-corrected chi connectivity index (χ0v) is 21.6. The summed E-state index contributed by atoms with van der Waals surface area (Å²) in [7, 11) is 0. The molecule has 1 fully saturated rings. The fourth-order valence-corrected chi connectivity index (χ4v) is 4.07. The first kappa shape index (κ1) is 26.9. The maximum Gasteiger partial charge on any atom is 0.270 e. The Labute approximate surface area is 208 Å². The van der Waals surface area contributed by atoms with Crippen molar-refractivity contribution in [2.24, 2.45) is 5.92 Å². The van der Waals surface area contributed by atoms with E-state index in [2.05, 4.69) is 29.0 Å². The number of carbonyl (C=O) groups is 2. The number of carbonyl (C=O) groups excluding carboxylic acids is 2. The highest BCUT2D eigenvalue weighted by Gasteiger charge is 2.24. The predicted octanol–water partition coefficient (Wildman–Crippen LogP) is 3.86. The number of ether oxygens (including phenoxy) is 3. The Kier molecular flexibility index (Phi) is 9.86. The van der Waals surface area contributed by atoms with Gasteiger partial charge in [0.05, 0.1) is 6.61 Å². The third kappa shape index (κ3) is 7.39. The Balaban J connectivity index is 1.88. The van der Waals surface area contributed by atoms with Crippen LogP contribution in [-0.4, -0.2) is 73.2 Å². The van der Waals surface area contributed by atoms with Crippen LogP contribution in [0.3, 0.4) is 0 Å². The molecule has 8 nitrogen and oxygen atoms in total. The first-order chi connectivity index (χ1) is 16.8. The molecule has 2 heterocycles. The van der Waals surface area contributed by atoms with Crippen LogP contribution in [0.2, 0.25) is 0 Å². The van der Waals surface area contributed by atoms with Gasteiger partial charge in [0.25, 0.3) is 5.91 Å². The van der Waals surface area contributed by atoms with Crippen molar-refractivity contribution < 1.29 is 23.8 Å². The van der Waals surface area contributed by atoms with Crippen LogP contribution in [0.4, 0.5) is 0 Å². The van der Waals surface area contributed by atoms with Crippen LogP contribution in [0.15, 0.2) is 24.3 Å². The summed E-state index contributed by atoms with van der Waals surface area (Å²) in [6, 6.07) is 7.64. The summed E-state index contributed by atoms with van der Waals surface area (Å²) in [5, 5.41) is 3.87. The third-order valence-electron chi connectivity index (χ3n) is 6.22. The van der Waals surface area contributed by atoms with E-state index in [1.165, 1.54) is 0 Å². The maximum atomic E-state index is 13.3. The number of para-hydroxylation sites is 1. The monoisotopic (exact) mass is 485 g/mol. The summed E-state index contributed by atoms with van der Waals surface area (Å²) in [6.45, 7) is 13.2. The Morgan fingerprint density at radius 2 is 1.94 bits per heavy atom. The van der Waals surface area contributed by atoms with E-state index < -0.39 is 0 Å². The van der Waals surface area contributed by atoms with Gasteiger partial charge in [-0.15, -0.1) is 0 Å². The van der Waals surface area contributed by atoms with Crippen LogP contribution in [-0.2, 0) is 9.53 Å². The van der Waals surface area contributed by atoms with Crippen LogP contribution in [0, 0.1) is 5.92 Å². The summed E-state index contributed by atoms with van der Waals surface area (Å²) in [6.07, 6.45) is 1.98. The molecule has 0 unspecified atom stereocenters. The highest BCUT2D eigenvalue weighted by molar-refractivity contribution is 5.98. The average molecular weight is 486 g/mol. The van der Waals surface area contributed by atoms with Gasteiger partial charge < -0.3 is 19.5 Å². The van der Waals surface area contributed by atoms with Gasteiger partial charge in [-0.3, -0.25) is 14.5 Å². The van der Waals surface area contributed by atoms with E-state index in [1.54, 1.807) is 12.1 Å². The summed E-state index contributed by atoms with van der Waals surface area (Å²) in [5.74, 6) is 0.608. The number of likely N-dealkylation sites (tertiary alicyclic amines) is 1. The molecule has 0 saturated carbocycles. The van der Waals surface area contributed by atoms with Crippen molar-refractivity contribution in [2.75, 3.05) is 39.5 Å². The van der Waals surface area contributed by atoms with Crippen molar-refractivity contribution in [3.05, 3.63) is 30.0 Å². The molecule has 1 saturated heterocycles. The van der Waals surface area contributed by atoms with Crippen LogP contribution >= 0.6 is 0 Å². The molecule has 192 valence electrons. The van der Waals surface area contributed by atoms with Gasteiger partial charge in [-0.1, -0.05) is 19.9 Å². The van der Waals surface area contributed by atoms with E-state index >= 15 is 0 Å². The minimum atomic E-state index is -0.245. The SMILES string of the molecule is CCOCCOc1cc(C(=O)N[C@@H]2CCCN(C(C)C)C2)nc2c(OCC(=O)C(C)C)cccc12. The number of piperidine rings is 1. The number of rotatable bonds is 12. The fraction of sp³-hybridized carbons (Fsp3) is 0.593. The number of benzene rings is 1. The largest absolute Gasteiger partial charge is 0.490 e. The standard InChI is InChI=1S/C27H39N3O5/c1-6-33-13-14-34-25-15-22(27(32)28-20-9-8-12-30(16-20)19(4)5)29-26-21(25)10-7-11-24(26)35-17-23(31)18(2)3/h7,10-11,15,18-20H,6,8-9,12-14,16-17H2,1-5H3,(H,28,32)/t20-/m1/s1. The van der Waals surface area contributed by atoms with E-state index in [9.17, 15) is 9.59 Å². The number of hydrogen-bond donors (Lipinski definition) is 1. The average Bonchev–Trinajstić information content (AvgIpc) is 2.84. The van der Waals surface area contributed by atoms with Crippen LogP contribution < -0.4 is 14.8 Å². The molecule has 1 aliphatic rings. The van der Waals surface area contributed by atoms with Gasteiger partial charge >= 0.3 is 0 Å². The predicted molar refractivity (Wildman–Crippen MR) is 136 cm³/mol. The lowest BCUT2D eigenvalue weighted by Crippen LogP contribution is -2.49. The number of pyridine rings is 1. The number of nitrogens with one attached hydrogen (secondary N) is 1. The molecule has 1 aromatic heterocycles. The quantitative estimate of drug-likeness (QED) is 0.457. The Morgan fingerprint density at radius 3 is 2.66 bits per heavy atom. The molecule has 0 radical (unpaired) electrons. The van der Waals surface area contributed by atoms with E-state index in [-0.39, 0.29) is 36.0 Å². The lowest BCUT2D eigenvalue weighted by Gasteiger charge is -2.35. The molecule has 1 aliphatic heterocycles. The van der Waals surface area contributed by atoms with Gasteiger partial charge in [-0.25, -0.2) is 4.98 Å². The van der Waals surface area contributed by atoms with Gasteiger partial charge in [0.15, 0.2) is 5.78 Å². The summed E-state index contributed by atoms with van der Waals surface area (Å²) < 4.78 is 17.2. The van der Waals surface area contributed by atoms with E-state index in [1.807, 2.05) is 32.9 Å². The van der Waals surface area contributed by atoms with Gasteiger partial charge in [0.2, 0.25) is 0 Å². The number of hydrogen-bond acceptors (Lipinski definition) is 7. The first-order valence-corrected chi connectivity index (χ1v) is 12.6. The van der Waals surface area contributed by atoms with E-state index in [4.69, 9.17) is 14.2 Å². The lowest BCUT2D eigenvalue weighted by atomic mass is 10.0. The first-order valence-electron chi connectivity index (χ1n) is 12.6. The van der Waals surface area contributed by atoms with E-state index in [0.29, 0.717) is 42.9 Å². The van der Waals surface area contributed by atoms with Crippen LogP contribution in [0.1, 0.15) is 57.9 Å². The summed E-state index contributed by atoms with van der Waals surface area (Å²) in [5.41, 5.74) is 0.757. The van der Waals surface area contributed by atoms with Crippen molar-refractivity contribution in [2.45, 2.75) is 59.5 Å². The number of fused-ring (bicyclic) bond motifs is 1. The molecule has 0 aliphatic carbocycles. The number of aromatic nitrogens is 1. The van der Waals surface area contributed by atoms with Crippen molar-refractivity contribution in [1.82, 2.24) is 15.2 Å². The fourth-order valence-electron chi connectivity index (χ4n) is 4.07. The molecule has 2 aromatic rings. The van der Waals surface area contributed by atoms with Gasteiger partial charge in [0, 0.05) is 42.6 Å². The van der Waals surface area contributed by atoms with Crippen molar-refractivity contribution in [1.29, 1.82) is 0 Å². The molecule has 1 aromatic carbocycles. The second-order valence-electron chi connectivity index (χ2n) is 9.51. The second-order valence-corrected chi connectivity index (χ2v) is 9.51. The van der Waals surface area contributed by atoms with Crippen molar-refractivity contribution in [3.63, 3.8) is 0 Å². The molecular weight excluding hydrogens is 446 g/mol. The minimum Gasteiger partial charge on any atom is -0.490 e.